The summed E-state index contributed by atoms with van der Waals surface area (Å²) in [6.45, 7) is 11.7. The van der Waals surface area contributed by atoms with Crippen molar-refractivity contribution < 1.29 is 15.3 Å². The molecule has 3 heteroatoms. The molecule has 0 aromatic rings. The van der Waals surface area contributed by atoms with Gasteiger partial charge in [0.15, 0.2) is 0 Å². The molecule has 0 heterocycles. The summed E-state index contributed by atoms with van der Waals surface area (Å²) in [6, 6.07) is 0. The minimum Gasteiger partial charge on any atom is -0.393 e. The maximum absolute atomic E-state index is 11.4. The van der Waals surface area contributed by atoms with Crippen LogP contribution in [0.5, 0.6) is 0 Å². The lowest BCUT2D eigenvalue weighted by Crippen LogP contribution is -2.64. The van der Waals surface area contributed by atoms with Gasteiger partial charge in [-0.25, -0.2) is 0 Å². The highest BCUT2D eigenvalue weighted by Crippen LogP contribution is 2.68. The van der Waals surface area contributed by atoms with Crippen LogP contribution in [0.4, 0.5) is 0 Å². The van der Waals surface area contributed by atoms with E-state index in [2.05, 4.69) is 40.7 Å². The zero-order valence-electron chi connectivity index (χ0n) is 20.0. The molecule has 0 saturated heterocycles. The lowest BCUT2D eigenvalue weighted by atomic mass is 9.43. The minimum absolute atomic E-state index is 0.0436. The molecule has 30 heavy (non-hydrogen) atoms. The molecule has 4 rings (SSSR count). The van der Waals surface area contributed by atoms with Crippen molar-refractivity contribution in [3.8, 4) is 0 Å². The summed E-state index contributed by atoms with van der Waals surface area (Å²) in [4.78, 5) is 0. The van der Waals surface area contributed by atoms with Gasteiger partial charge in [-0.2, -0.15) is 0 Å². The van der Waals surface area contributed by atoms with Gasteiger partial charge in [-0.3, -0.25) is 0 Å². The molecule has 4 saturated carbocycles. The van der Waals surface area contributed by atoms with Crippen molar-refractivity contribution in [3.05, 3.63) is 11.6 Å². The number of aliphatic hydroxyl groups is 3. The third-order valence-electron chi connectivity index (χ3n) is 10.7. The summed E-state index contributed by atoms with van der Waals surface area (Å²) < 4.78 is 0. The lowest BCUT2D eigenvalue weighted by Gasteiger charge is -2.63. The third-order valence-corrected chi connectivity index (χ3v) is 10.7. The third kappa shape index (κ3) is 3.52. The Morgan fingerprint density at radius 2 is 1.57 bits per heavy atom. The van der Waals surface area contributed by atoms with Crippen molar-refractivity contribution >= 4 is 0 Å². The van der Waals surface area contributed by atoms with Crippen molar-refractivity contribution in [1.82, 2.24) is 0 Å². The molecule has 4 fully saturated rings. The topological polar surface area (TPSA) is 60.7 Å². The lowest BCUT2D eigenvalue weighted by molar-refractivity contribution is -0.223. The number of allylic oxidation sites excluding steroid dienone is 2. The molecule has 0 spiro atoms. The van der Waals surface area contributed by atoms with E-state index in [0.717, 1.165) is 18.8 Å². The highest BCUT2D eigenvalue weighted by molar-refractivity contribution is 5.14. The summed E-state index contributed by atoms with van der Waals surface area (Å²) in [7, 11) is 0. The van der Waals surface area contributed by atoms with Gasteiger partial charge in [0.25, 0.3) is 0 Å². The fourth-order valence-electron chi connectivity index (χ4n) is 9.05. The van der Waals surface area contributed by atoms with Gasteiger partial charge in [0.2, 0.25) is 0 Å². The molecule has 172 valence electrons. The summed E-state index contributed by atoms with van der Waals surface area (Å²) in [5, 5.41) is 32.8. The van der Waals surface area contributed by atoms with Crippen LogP contribution in [0, 0.1) is 46.3 Å². The number of hydrogen-bond acceptors (Lipinski definition) is 3. The number of fused-ring (bicyclic) bond motifs is 5. The molecule has 3 N–H and O–H groups in total. The van der Waals surface area contributed by atoms with Gasteiger partial charge in [0.05, 0.1) is 18.3 Å². The van der Waals surface area contributed by atoms with Gasteiger partial charge in [0.1, 0.15) is 0 Å². The van der Waals surface area contributed by atoms with E-state index in [1.807, 2.05) is 0 Å². The number of hydrogen-bond donors (Lipinski definition) is 3. The van der Waals surface area contributed by atoms with Gasteiger partial charge in [-0.1, -0.05) is 32.4 Å². The van der Waals surface area contributed by atoms with Crippen molar-refractivity contribution in [2.45, 2.75) is 111 Å². The van der Waals surface area contributed by atoms with E-state index < -0.39 is 12.2 Å². The molecule has 0 aliphatic heterocycles. The van der Waals surface area contributed by atoms with Gasteiger partial charge in [0, 0.05) is 0 Å². The molecular weight excluding hydrogens is 372 g/mol. The largest absolute Gasteiger partial charge is 0.393 e. The molecule has 0 radical (unpaired) electrons. The Bertz CT molecular complexity index is 654. The Hall–Kier alpha value is -0.380. The average Bonchev–Trinajstić information content (AvgIpc) is 3.04. The number of rotatable bonds is 4. The van der Waals surface area contributed by atoms with Crippen LogP contribution in [0.15, 0.2) is 11.6 Å². The first-order valence-corrected chi connectivity index (χ1v) is 12.8. The Morgan fingerprint density at radius 3 is 2.27 bits per heavy atom. The van der Waals surface area contributed by atoms with Crippen molar-refractivity contribution in [2.75, 3.05) is 0 Å². The second kappa shape index (κ2) is 8.19. The second-order valence-electron chi connectivity index (χ2n) is 12.4. The molecule has 0 aromatic heterocycles. The van der Waals surface area contributed by atoms with Crippen LogP contribution >= 0.6 is 0 Å². The summed E-state index contributed by atoms with van der Waals surface area (Å²) in [6.07, 6.45) is 10.6. The van der Waals surface area contributed by atoms with Crippen molar-refractivity contribution in [1.29, 1.82) is 0 Å². The molecule has 4 aliphatic rings. The summed E-state index contributed by atoms with van der Waals surface area (Å²) >= 11 is 0. The zero-order chi connectivity index (χ0) is 21.8. The standard InChI is InChI=1S/C27H46O3/c1-16(2)7-6-8-17(3)19-9-10-20-23-21(12-14-26(19,20)4)27(5)13-11-18(28)15-22(27)24(29)25(23)30/h7,17-25,28-30H,6,8-15H2,1-5H3/t17-,18-,19-,20+,21+,22-,23+,24+,25-,26-,27-/m1/s1. The maximum atomic E-state index is 11.4. The Kier molecular flexibility index (Phi) is 6.23. The van der Waals surface area contributed by atoms with Gasteiger partial charge >= 0.3 is 0 Å². The van der Waals surface area contributed by atoms with Crippen LogP contribution < -0.4 is 0 Å². The summed E-state index contributed by atoms with van der Waals surface area (Å²) in [5.74, 6) is 2.74. The monoisotopic (exact) mass is 418 g/mol. The normalized spacial score (nSPS) is 51.5. The van der Waals surface area contributed by atoms with Crippen LogP contribution in [0.1, 0.15) is 92.4 Å². The van der Waals surface area contributed by atoms with E-state index in [1.165, 1.54) is 44.1 Å². The highest BCUT2D eigenvalue weighted by atomic mass is 16.3. The minimum atomic E-state index is -0.678. The zero-order valence-corrected chi connectivity index (χ0v) is 20.0. The van der Waals surface area contributed by atoms with Crippen LogP contribution in [0.25, 0.3) is 0 Å². The van der Waals surface area contributed by atoms with Gasteiger partial charge in [-0.15, -0.1) is 0 Å². The molecule has 11 atom stereocenters. The first-order valence-electron chi connectivity index (χ1n) is 12.8. The average molecular weight is 419 g/mol. The highest BCUT2D eigenvalue weighted by Gasteiger charge is 2.65. The fourth-order valence-corrected chi connectivity index (χ4v) is 9.05. The molecule has 0 unspecified atom stereocenters. The van der Waals surface area contributed by atoms with E-state index in [-0.39, 0.29) is 23.4 Å². The molecule has 4 aliphatic carbocycles. The van der Waals surface area contributed by atoms with Crippen molar-refractivity contribution in [3.63, 3.8) is 0 Å². The van der Waals surface area contributed by atoms with E-state index >= 15 is 0 Å². The van der Waals surface area contributed by atoms with E-state index in [1.54, 1.807) is 0 Å². The van der Waals surface area contributed by atoms with Crippen LogP contribution in [-0.4, -0.2) is 33.6 Å². The maximum Gasteiger partial charge on any atom is 0.0836 e. The van der Waals surface area contributed by atoms with Gasteiger partial charge < -0.3 is 15.3 Å². The smallest absolute Gasteiger partial charge is 0.0836 e. The quantitative estimate of drug-likeness (QED) is 0.541. The first kappa shape index (κ1) is 22.8. The predicted molar refractivity (Wildman–Crippen MR) is 122 cm³/mol. The van der Waals surface area contributed by atoms with Gasteiger partial charge in [-0.05, 0) is 118 Å². The predicted octanol–water partition coefficient (Wildman–Crippen LogP) is 5.33. The molecule has 0 bridgehead atoms. The Morgan fingerprint density at radius 1 is 0.900 bits per heavy atom. The van der Waals surface area contributed by atoms with Crippen LogP contribution in [0.2, 0.25) is 0 Å². The Labute approximate surface area is 184 Å². The SMILES string of the molecule is CC(C)=CCC[C@@H](C)[C@H]1CC[C@H]2[C@@H]3[C@@H](O)[C@@H](O)[C@H]4C[C@H](O)CC[C@]4(C)[C@H]3CC[C@]12C. The van der Waals surface area contributed by atoms with Crippen LogP contribution in [0.3, 0.4) is 0 Å². The van der Waals surface area contributed by atoms with E-state index in [4.69, 9.17) is 0 Å². The first-order chi connectivity index (χ1) is 14.1. The van der Waals surface area contributed by atoms with E-state index in [9.17, 15) is 15.3 Å². The van der Waals surface area contributed by atoms with Crippen molar-refractivity contribution in [2.24, 2.45) is 46.3 Å². The summed E-state index contributed by atoms with van der Waals surface area (Å²) in [5.41, 5.74) is 1.78. The Balaban J connectivity index is 1.56. The van der Waals surface area contributed by atoms with Crippen LogP contribution in [-0.2, 0) is 0 Å². The molecule has 0 aromatic carbocycles. The molecule has 3 nitrogen and oxygen atoms in total. The molecular formula is C27H46O3. The second-order valence-corrected chi connectivity index (χ2v) is 12.4. The van der Waals surface area contributed by atoms with E-state index in [0.29, 0.717) is 29.6 Å². The fraction of sp³-hybridized carbons (Fsp3) is 0.926. The number of aliphatic hydroxyl groups excluding tert-OH is 3. The molecule has 0 amide bonds.